The van der Waals surface area contributed by atoms with Gasteiger partial charge < -0.3 is 10.5 Å². The van der Waals surface area contributed by atoms with E-state index in [-0.39, 0.29) is 11.5 Å². The maximum Gasteiger partial charge on any atom is 0.213 e. The lowest BCUT2D eigenvalue weighted by Crippen LogP contribution is -2.06. The monoisotopic (exact) mass is 151 g/mol. The molecule has 4 nitrogen and oxygen atoms in total. The molecule has 0 heterocycles. The number of nitriles is 2. The summed E-state index contributed by atoms with van der Waals surface area (Å²) in [6, 6.07) is 3.26. The first kappa shape index (κ1) is 9.32. The molecule has 0 aliphatic carbocycles. The Balaban J connectivity index is 4.19. The van der Waals surface area contributed by atoms with Crippen molar-refractivity contribution in [2.24, 2.45) is 5.73 Å². The third-order valence-corrected chi connectivity index (χ3v) is 0.932. The standard InChI is InChI=1S/C7H9N3O/c1-2-3-11-7(10)6(4-8)5-9/h2-3,10H2,1H3. The highest BCUT2D eigenvalue weighted by atomic mass is 16.5. The van der Waals surface area contributed by atoms with E-state index in [1.807, 2.05) is 6.92 Å². The van der Waals surface area contributed by atoms with Crippen molar-refractivity contribution in [1.29, 1.82) is 10.5 Å². The van der Waals surface area contributed by atoms with Gasteiger partial charge in [-0.15, -0.1) is 0 Å². The molecule has 0 atom stereocenters. The highest BCUT2D eigenvalue weighted by Crippen LogP contribution is 1.97. The van der Waals surface area contributed by atoms with E-state index in [9.17, 15) is 0 Å². The summed E-state index contributed by atoms with van der Waals surface area (Å²) in [5.74, 6) is -0.0862. The van der Waals surface area contributed by atoms with Crippen LogP contribution in [0, 0.1) is 22.7 Å². The minimum Gasteiger partial charge on any atom is -0.478 e. The molecule has 0 fully saturated rings. The molecule has 0 aliphatic rings. The van der Waals surface area contributed by atoms with Crippen LogP contribution < -0.4 is 5.73 Å². The summed E-state index contributed by atoms with van der Waals surface area (Å²) in [5.41, 5.74) is 5.07. The second-order valence-electron chi connectivity index (χ2n) is 1.81. The SMILES string of the molecule is CCCOC(N)=C(C#N)C#N. The highest BCUT2D eigenvalue weighted by Gasteiger charge is 2.00. The molecule has 0 rings (SSSR count). The van der Waals surface area contributed by atoms with E-state index in [0.717, 1.165) is 6.42 Å². The number of ether oxygens (including phenoxy) is 1. The van der Waals surface area contributed by atoms with Crippen LogP contribution in [0.1, 0.15) is 13.3 Å². The fraction of sp³-hybridized carbons (Fsp3) is 0.429. The first-order chi connectivity index (χ1) is 5.26. The van der Waals surface area contributed by atoms with Gasteiger partial charge in [0.05, 0.1) is 6.61 Å². The minimum atomic E-state index is -0.168. The number of nitrogens with zero attached hydrogens (tertiary/aromatic N) is 2. The molecule has 0 aromatic heterocycles. The van der Waals surface area contributed by atoms with Crippen LogP contribution in [0.3, 0.4) is 0 Å². The van der Waals surface area contributed by atoms with Gasteiger partial charge in [0.15, 0.2) is 5.57 Å². The fourth-order valence-corrected chi connectivity index (χ4v) is 0.419. The van der Waals surface area contributed by atoms with Crippen molar-refractivity contribution >= 4 is 0 Å². The number of hydrogen-bond acceptors (Lipinski definition) is 4. The average Bonchev–Trinajstić information content (AvgIpc) is 2.03. The Morgan fingerprint density at radius 3 is 2.36 bits per heavy atom. The van der Waals surface area contributed by atoms with Crippen molar-refractivity contribution in [2.45, 2.75) is 13.3 Å². The van der Waals surface area contributed by atoms with Gasteiger partial charge in [-0.2, -0.15) is 10.5 Å². The lowest BCUT2D eigenvalue weighted by molar-refractivity contribution is 0.208. The van der Waals surface area contributed by atoms with E-state index in [1.54, 1.807) is 12.1 Å². The molecule has 0 bridgehead atoms. The van der Waals surface area contributed by atoms with Gasteiger partial charge in [0, 0.05) is 0 Å². The van der Waals surface area contributed by atoms with Crippen LogP contribution in [0.15, 0.2) is 11.5 Å². The lowest BCUT2D eigenvalue weighted by Gasteiger charge is -2.01. The number of hydrogen-bond donors (Lipinski definition) is 1. The van der Waals surface area contributed by atoms with Gasteiger partial charge in [-0.3, -0.25) is 0 Å². The topological polar surface area (TPSA) is 82.8 Å². The predicted octanol–water partition coefficient (Wildman–Crippen LogP) is 0.630. The maximum atomic E-state index is 8.31. The van der Waals surface area contributed by atoms with Crippen molar-refractivity contribution in [3.05, 3.63) is 11.5 Å². The zero-order chi connectivity index (χ0) is 8.69. The number of rotatable bonds is 3. The summed E-state index contributed by atoms with van der Waals surface area (Å²) in [4.78, 5) is 0. The Labute approximate surface area is 65.5 Å². The van der Waals surface area contributed by atoms with Crippen molar-refractivity contribution in [2.75, 3.05) is 6.61 Å². The normalized spacial score (nSPS) is 7.55. The summed E-state index contributed by atoms with van der Waals surface area (Å²) < 4.78 is 4.85. The Bertz CT molecular complexity index is 215. The molecular weight excluding hydrogens is 142 g/mol. The Morgan fingerprint density at radius 1 is 1.45 bits per heavy atom. The molecule has 4 heteroatoms. The summed E-state index contributed by atoms with van der Waals surface area (Å²) in [5, 5.41) is 16.6. The predicted molar refractivity (Wildman–Crippen MR) is 38.7 cm³/mol. The lowest BCUT2D eigenvalue weighted by atomic mass is 10.3. The molecular formula is C7H9N3O. The Hall–Kier alpha value is -1.68. The van der Waals surface area contributed by atoms with Gasteiger partial charge in [0.2, 0.25) is 5.88 Å². The van der Waals surface area contributed by atoms with E-state index >= 15 is 0 Å². The Kier molecular flexibility index (Phi) is 4.35. The van der Waals surface area contributed by atoms with E-state index in [2.05, 4.69) is 0 Å². The van der Waals surface area contributed by atoms with Crippen LogP contribution in [-0.4, -0.2) is 6.61 Å². The van der Waals surface area contributed by atoms with E-state index in [0.29, 0.717) is 6.61 Å². The maximum absolute atomic E-state index is 8.31. The molecule has 2 N–H and O–H groups in total. The van der Waals surface area contributed by atoms with Gasteiger partial charge >= 0.3 is 0 Å². The second kappa shape index (κ2) is 5.13. The molecule has 0 spiro atoms. The van der Waals surface area contributed by atoms with E-state index in [4.69, 9.17) is 21.0 Å². The summed E-state index contributed by atoms with van der Waals surface area (Å²) in [6.45, 7) is 2.34. The Morgan fingerprint density at radius 2 is 2.00 bits per heavy atom. The molecule has 0 radical (unpaired) electrons. The first-order valence-corrected chi connectivity index (χ1v) is 3.19. The van der Waals surface area contributed by atoms with Gasteiger partial charge in [0.1, 0.15) is 12.1 Å². The molecule has 0 aromatic carbocycles. The van der Waals surface area contributed by atoms with E-state index < -0.39 is 0 Å². The summed E-state index contributed by atoms with van der Waals surface area (Å²) in [7, 11) is 0. The minimum absolute atomic E-state index is 0.0862. The fourth-order valence-electron chi connectivity index (χ4n) is 0.419. The molecule has 0 amide bonds. The van der Waals surface area contributed by atoms with Crippen molar-refractivity contribution in [3.63, 3.8) is 0 Å². The van der Waals surface area contributed by atoms with Crippen LogP contribution in [-0.2, 0) is 4.74 Å². The smallest absolute Gasteiger partial charge is 0.213 e. The van der Waals surface area contributed by atoms with Crippen LogP contribution in [0.25, 0.3) is 0 Å². The quantitative estimate of drug-likeness (QED) is 0.473. The first-order valence-electron chi connectivity index (χ1n) is 3.19. The molecule has 0 unspecified atom stereocenters. The molecule has 0 saturated carbocycles. The summed E-state index contributed by atoms with van der Waals surface area (Å²) in [6.07, 6.45) is 0.796. The largest absolute Gasteiger partial charge is 0.478 e. The third kappa shape index (κ3) is 3.12. The van der Waals surface area contributed by atoms with Crippen LogP contribution in [0.2, 0.25) is 0 Å². The zero-order valence-electron chi connectivity index (χ0n) is 6.29. The van der Waals surface area contributed by atoms with Crippen molar-refractivity contribution < 1.29 is 4.74 Å². The highest BCUT2D eigenvalue weighted by molar-refractivity contribution is 5.36. The van der Waals surface area contributed by atoms with Crippen LogP contribution >= 0.6 is 0 Å². The van der Waals surface area contributed by atoms with Gasteiger partial charge in [0.25, 0.3) is 0 Å². The van der Waals surface area contributed by atoms with Gasteiger partial charge in [-0.1, -0.05) is 6.92 Å². The van der Waals surface area contributed by atoms with Gasteiger partial charge in [-0.05, 0) is 6.42 Å². The van der Waals surface area contributed by atoms with Crippen molar-refractivity contribution in [1.82, 2.24) is 0 Å². The molecule has 58 valence electrons. The third-order valence-electron chi connectivity index (χ3n) is 0.932. The summed E-state index contributed by atoms with van der Waals surface area (Å²) >= 11 is 0. The molecule has 11 heavy (non-hydrogen) atoms. The van der Waals surface area contributed by atoms with Crippen LogP contribution in [0.5, 0.6) is 0 Å². The number of allylic oxidation sites excluding steroid dienone is 1. The van der Waals surface area contributed by atoms with Crippen LogP contribution in [0.4, 0.5) is 0 Å². The number of nitrogens with two attached hydrogens (primary N) is 1. The average molecular weight is 151 g/mol. The molecule has 0 saturated heterocycles. The second-order valence-corrected chi connectivity index (χ2v) is 1.81. The molecule has 0 aromatic rings. The molecule has 0 aliphatic heterocycles. The van der Waals surface area contributed by atoms with E-state index in [1.165, 1.54) is 0 Å². The zero-order valence-corrected chi connectivity index (χ0v) is 6.29. The van der Waals surface area contributed by atoms with Crippen molar-refractivity contribution in [3.8, 4) is 12.1 Å². The van der Waals surface area contributed by atoms with Gasteiger partial charge in [-0.25, -0.2) is 0 Å².